The number of benzene rings is 3. The number of Topliss-reactive ketones (excluding diaryl/α,β-unsaturated/α-hetero) is 1. The Balaban J connectivity index is 1.41. The predicted octanol–water partition coefficient (Wildman–Crippen LogP) is 4.67. The first kappa shape index (κ1) is 20.2. The lowest BCUT2D eigenvalue weighted by Crippen LogP contribution is -2.31. The number of ether oxygens (including phenoxy) is 4. The van der Waals surface area contributed by atoms with E-state index >= 15 is 0 Å². The normalized spacial score (nSPS) is 16.2. The average Bonchev–Trinajstić information content (AvgIpc) is 3.15. The summed E-state index contributed by atoms with van der Waals surface area (Å²) in [6.07, 6.45) is 1.73. The number of fused-ring (bicyclic) bond motifs is 3. The third-order valence-electron chi connectivity index (χ3n) is 5.67. The fourth-order valence-corrected chi connectivity index (χ4v) is 4.02. The van der Waals surface area contributed by atoms with Crippen molar-refractivity contribution in [2.75, 3.05) is 21.0 Å². The Kier molecular flexibility index (Phi) is 5.29. The number of ketones is 1. The summed E-state index contributed by atoms with van der Waals surface area (Å²) < 4.78 is 22.7. The smallest absolute Gasteiger partial charge is 0.231 e. The summed E-state index contributed by atoms with van der Waals surface area (Å²) in [5.41, 5.74) is 3.38. The van der Waals surface area contributed by atoms with Crippen molar-refractivity contribution in [3.8, 4) is 23.0 Å². The maximum absolute atomic E-state index is 13.0. The Morgan fingerprint density at radius 2 is 1.81 bits per heavy atom. The van der Waals surface area contributed by atoms with Gasteiger partial charge >= 0.3 is 0 Å². The van der Waals surface area contributed by atoms with Crippen molar-refractivity contribution >= 4 is 11.9 Å². The first-order chi connectivity index (χ1) is 15.7. The summed E-state index contributed by atoms with van der Waals surface area (Å²) in [7, 11) is 3.26. The molecule has 6 nitrogen and oxygen atoms in total. The molecule has 2 aliphatic heterocycles. The molecule has 0 aromatic heterocycles. The molecule has 0 saturated heterocycles. The minimum absolute atomic E-state index is 0.138. The number of methoxy groups -OCH3 is 2. The third kappa shape index (κ3) is 3.69. The number of rotatable bonds is 5. The van der Waals surface area contributed by atoms with Crippen molar-refractivity contribution in [1.82, 2.24) is 4.90 Å². The van der Waals surface area contributed by atoms with Gasteiger partial charge in [-0.2, -0.15) is 0 Å². The zero-order valence-electron chi connectivity index (χ0n) is 18.0. The monoisotopic (exact) mass is 429 g/mol. The summed E-state index contributed by atoms with van der Waals surface area (Å²) in [6, 6.07) is 19.1. The molecule has 3 aromatic carbocycles. The van der Waals surface area contributed by atoms with Gasteiger partial charge in [-0.1, -0.05) is 30.3 Å². The number of allylic oxidation sites excluding steroid dienone is 1. The van der Waals surface area contributed by atoms with Crippen LogP contribution in [0.3, 0.4) is 0 Å². The Bertz CT molecular complexity index is 1200. The fourth-order valence-electron chi connectivity index (χ4n) is 4.02. The molecule has 0 unspecified atom stereocenters. The van der Waals surface area contributed by atoms with Crippen LogP contribution in [0.15, 0.2) is 66.4 Å². The Morgan fingerprint density at radius 3 is 2.59 bits per heavy atom. The lowest BCUT2D eigenvalue weighted by Gasteiger charge is -2.29. The Labute approximate surface area is 186 Å². The predicted molar refractivity (Wildman–Crippen MR) is 120 cm³/mol. The molecule has 0 amide bonds. The number of hydrogen-bond acceptors (Lipinski definition) is 6. The van der Waals surface area contributed by atoms with Gasteiger partial charge in [0.25, 0.3) is 0 Å². The van der Waals surface area contributed by atoms with Gasteiger partial charge in [0.05, 0.1) is 25.3 Å². The standard InChI is InChI=1S/C26H23NO5/c1-29-19-9-7-17(8-10-19)14-27-15-21-23(31-16-27)12-11-20-25(28)24(32-26(20)21)13-18-5-3-4-6-22(18)30-2/h3-13H,14-16H2,1-2H3/b24-13-. The van der Waals surface area contributed by atoms with Gasteiger partial charge in [-0.05, 0) is 42.0 Å². The van der Waals surface area contributed by atoms with Crippen LogP contribution < -0.4 is 18.9 Å². The summed E-state index contributed by atoms with van der Waals surface area (Å²) in [5.74, 6) is 2.98. The maximum atomic E-state index is 13.0. The highest BCUT2D eigenvalue weighted by Gasteiger charge is 2.33. The summed E-state index contributed by atoms with van der Waals surface area (Å²) in [5, 5.41) is 0. The van der Waals surface area contributed by atoms with E-state index in [0.29, 0.717) is 36.9 Å². The van der Waals surface area contributed by atoms with E-state index in [4.69, 9.17) is 18.9 Å². The van der Waals surface area contributed by atoms with E-state index in [0.717, 1.165) is 28.2 Å². The molecule has 3 aromatic rings. The highest BCUT2D eigenvalue weighted by atomic mass is 16.5. The molecule has 32 heavy (non-hydrogen) atoms. The third-order valence-corrected chi connectivity index (χ3v) is 5.67. The van der Waals surface area contributed by atoms with E-state index in [1.165, 1.54) is 0 Å². The van der Waals surface area contributed by atoms with E-state index in [1.54, 1.807) is 26.4 Å². The van der Waals surface area contributed by atoms with E-state index in [2.05, 4.69) is 4.90 Å². The van der Waals surface area contributed by atoms with Crippen molar-refractivity contribution in [2.45, 2.75) is 13.1 Å². The molecular formula is C26H23NO5. The second-order valence-corrected chi connectivity index (χ2v) is 7.71. The van der Waals surface area contributed by atoms with Gasteiger partial charge in [0.2, 0.25) is 5.78 Å². The summed E-state index contributed by atoms with van der Waals surface area (Å²) in [6.45, 7) is 1.81. The first-order valence-corrected chi connectivity index (χ1v) is 10.4. The molecule has 162 valence electrons. The van der Waals surface area contributed by atoms with Crippen LogP contribution in [0.5, 0.6) is 23.0 Å². The van der Waals surface area contributed by atoms with Gasteiger partial charge in [-0.3, -0.25) is 9.69 Å². The van der Waals surface area contributed by atoms with Crippen molar-refractivity contribution in [1.29, 1.82) is 0 Å². The Morgan fingerprint density at radius 1 is 1.00 bits per heavy atom. The molecule has 6 heteroatoms. The van der Waals surface area contributed by atoms with E-state index < -0.39 is 0 Å². The largest absolute Gasteiger partial charge is 0.497 e. The summed E-state index contributed by atoms with van der Waals surface area (Å²) in [4.78, 5) is 15.2. The molecular weight excluding hydrogens is 406 g/mol. The molecule has 0 saturated carbocycles. The minimum atomic E-state index is -0.138. The number of carbonyl (C=O) groups is 1. The van der Waals surface area contributed by atoms with Crippen LogP contribution >= 0.6 is 0 Å². The highest BCUT2D eigenvalue weighted by molar-refractivity contribution is 6.15. The second kappa shape index (κ2) is 8.40. The molecule has 0 fully saturated rings. The van der Waals surface area contributed by atoms with Crippen molar-refractivity contribution < 1.29 is 23.7 Å². The van der Waals surface area contributed by atoms with E-state index in [1.807, 2.05) is 54.6 Å². The van der Waals surface area contributed by atoms with Crippen molar-refractivity contribution in [3.63, 3.8) is 0 Å². The van der Waals surface area contributed by atoms with Crippen LogP contribution in [0.25, 0.3) is 6.08 Å². The van der Waals surface area contributed by atoms with Gasteiger partial charge in [0.1, 0.15) is 29.7 Å². The highest BCUT2D eigenvalue weighted by Crippen LogP contribution is 2.42. The molecule has 0 aliphatic carbocycles. The topological polar surface area (TPSA) is 57.2 Å². The number of nitrogens with zero attached hydrogens (tertiary/aromatic N) is 1. The quantitative estimate of drug-likeness (QED) is 0.550. The number of hydrogen-bond donors (Lipinski definition) is 0. The zero-order chi connectivity index (χ0) is 22.1. The lowest BCUT2D eigenvalue weighted by molar-refractivity contribution is 0.0872. The van der Waals surface area contributed by atoms with Crippen LogP contribution in [0, 0.1) is 0 Å². The number of para-hydroxylation sites is 1. The zero-order valence-corrected chi connectivity index (χ0v) is 18.0. The van der Waals surface area contributed by atoms with Crippen molar-refractivity contribution in [3.05, 3.63) is 88.7 Å². The van der Waals surface area contributed by atoms with Crippen LogP contribution in [0.1, 0.15) is 27.0 Å². The number of carbonyl (C=O) groups excluding carboxylic acids is 1. The van der Waals surface area contributed by atoms with E-state index in [-0.39, 0.29) is 11.5 Å². The minimum Gasteiger partial charge on any atom is -0.497 e. The van der Waals surface area contributed by atoms with Crippen LogP contribution in [-0.4, -0.2) is 31.6 Å². The molecule has 2 aliphatic rings. The van der Waals surface area contributed by atoms with Crippen LogP contribution in [-0.2, 0) is 13.1 Å². The molecule has 0 atom stereocenters. The molecule has 0 radical (unpaired) electrons. The molecule has 0 bridgehead atoms. The van der Waals surface area contributed by atoms with Gasteiger partial charge in [0, 0.05) is 18.7 Å². The molecule has 2 heterocycles. The van der Waals surface area contributed by atoms with Crippen molar-refractivity contribution in [2.24, 2.45) is 0 Å². The van der Waals surface area contributed by atoms with Gasteiger partial charge < -0.3 is 18.9 Å². The van der Waals surface area contributed by atoms with Crippen LogP contribution in [0.2, 0.25) is 0 Å². The average molecular weight is 429 g/mol. The van der Waals surface area contributed by atoms with Crippen LogP contribution in [0.4, 0.5) is 0 Å². The molecule has 5 rings (SSSR count). The summed E-state index contributed by atoms with van der Waals surface area (Å²) >= 11 is 0. The second-order valence-electron chi connectivity index (χ2n) is 7.71. The SMILES string of the molecule is COc1ccc(CN2COc3ccc4c(c3C2)O/C(=C\c2ccccc2OC)C4=O)cc1. The lowest BCUT2D eigenvalue weighted by atomic mass is 10.0. The Hall–Kier alpha value is -3.77. The fraction of sp³-hybridized carbons (Fsp3) is 0.192. The van der Waals surface area contributed by atoms with Gasteiger partial charge in [-0.15, -0.1) is 0 Å². The van der Waals surface area contributed by atoms with Gasteiger partial charge in [-0.25, -0.2) is 0 Å². The molecule has 0 spiro atoms. The van der Waals surface area contributed by atoms with Gasteiger partial charge in [0.15, 0.2) is 5.76 Å². The molecule has 0 N–H and O–H groups in total. The van der Waals surface area contributed by atoms with E-state index in [9.17, 15) is 4.79 Å². The first-order valence-electron chi connectivity index (χ1n) is 10.4. The maximum Gasteiger partial charge on any atom is 0.231 e.